The van der Waals surface area contributed by atoms with E-state index in [0.29, 0.717) is 22.9 Å². The van der Waals surface area contributed by atoms with Crippen LogP contribution in [-0.4, -0.2) is 46.5 Å². The minimum atomic E-state index is -0.174. The van der Waals surface area contributed by atoms with Gasteiger partial charge in [-0.05, 0) is 86.1 Å². The van der Waals surface area contributed by atoms with Gasteiger partial charge in [-0.25, -0.2) is 4.98 Å². The minimum absolute atomic E-state index is 0.0565. The van der Waals surface area contributed by atoms with Crippen molar-refractivity contribution < 1.29 is 4.79 Å². The zero-order valence-corrected chi connectivity index (χ0v) is 21.8. The predicted octanol–water partition coefficient (Wildman–Crippen LogP) is 4.69. The van der Waals surface area contributed by atoms with E-state index in [1.54, 1.807) is 17.7 Å². The third-order valence-electron chi connectivity index (χ3n) is 6.87. The smallest absolute Gasteiger partial charge is 0.272 e. The van der Waals surface area contributed by atoms with E-state index in [-0.39, 0.29) is 17.5 Å². The number of carbonyl (C=O) groups is 1. The van der Waals surface area contributed by atoms with Crippen molar-refractivity contribution in [3.05, 3.63) is 93.5 Å². The molecule has 0 radical (unpaired) electrons. The highest BCUT2D eigenvalue weighted by atomic mass is 35.5. The highest BCUT2D eigenvalue weighted by molar-refractivity contribution is 6.30. The summed E-state index contributed by atoms with van der Waals surface area (Å²) < 4.78 is 1.56. The number of nitrogens with zero attached hydrogens (tertiary/aromatic N) is 3. The molecule has 0 bridgehead atoms. The molecule has 2 aromatic carbocycles. The highest BCUT2D eigenvalue weighted by Gasteiger charge is 2.22. The number of hydrogen-bond donors (Lipinski definition) is 2. The maximum Gasteiger partial charge on any atom is 0.272 e. The predicted molar refractivity (Wildman–Crippen MR) is 149 cm³/mol. The van der Waals surface area contributed by atoms with Gasteiger partial charge in [0, 0.05) is 42.3 Å². The molecule has 1 fully saturated rings. The van der Waals surface area contributed by atoms with Crippen LogP contribution in [-0.2, 0) is 13.6 Å². The van der Waals surface area contributed by atoms with E-state index in [0.717, 1.165) is 53.5 Å². The van der Waals surface area contributed by atoms with Crippen LogP contribution in [0.1, 0.15) is 28.9 Å². The molecule has 0 aliphatic carbocycles. The Hall–Kier alpha value is -3.68. The summed E-state index contributed by atoms with van der Waals surface area (Å²) >= 11 is 6.17. The van der Waals surface area contributed by atoms with Gasteiger partial charge < -0.3 is 20.1 Å². The topological polar surface area (TPSA) is 79.3 Å². The van der Waals surface area contributed by atoms with Crippen LogP contribution in [0.15, 0.2) is 71.7 Å². The Morgan fingerprint density at radius 2 is 1.81 bits per heavy atom. The molecule has 2 N–H and O–H groups in total. The lowest BCUT2D eigenvalue weighted by Crippen LogP contribution is -2.43. The molecule has 37 heavy (non-hydrogen) atoms. The van der Waals surface area contributed by atoms with E-state index >= 15 is 0 Å². The van der Waals surface area contributed by atoms with Crippen molar-refractivity contribution in [2.75, 3.05) is 25.5 Å². The van der Waals surface area contributed by atoms with Gasteiger partial charge in [-0.3, -0.25) is 9.59 Å². The molecule has 0 unspecified atom stereocenters. The second kappa shape index (κ2) is 10.7. The maximum atomic E-state index is 13.4. The molecule has 190 valence electrons. The Kier molecular flexibility index (Phi) is 7.26. The number of carbonyl (C=O) groups excluding carboxylic acids is 1. The van der Waals surface area contributed by atoms with Crippen LogP contribution in [0.5, 0.6) is 0 Å². The molecule has 4 aromatic rings. The monoisotopic (exact) mass is 515 g/mol. The maximum absolute atomic E-state index is 13.4. The Morgan fingerprint density at radius 3 is 2.57 bits per heavy atom. The van der Waals surface area contributed by atoms with E-state index < -0.39 is 0 Å². The van der Waals surface area contributed by atoms with Crippen LogP contribution in [0.4, 0.5) is 5.69 Å². The Morgan fingerprint density at radius 1 is 1.03 bits per heavy atom. The summed E-state index contributed by atoms with van der Waals surface area (Å²) in [5, 5.41) is 8.17. The average molecular weight is 516 g/mol. The molecule has 5 rings (SSSR count). The van der Waals surface area contributed by atoms with Crippen LogP contribution in [0.3, 0.4) is 0 Å². The summed E-state index contributed by atoms with van der Waals surface area (Å²) in [6.07, 6.45) is 3.66. The largest absolute Gasteiger partial charge is 0.379 e. The van der Waals surface area contributed by atoms with Gasteiger partial charge in [0.15, 0.2) is 5.69 Å². The van der Waals surface area contributed by atoms with Gasteiger partial charge in [0.25, 0.3) is 5.91 Å². The lowest BCUT2D eigenvalue weighted by atomic mass is 10.0. The Labute approximate surface area is 221 Å². The molecule has 0 saturated carbocycles. The summed E-state index contributed by atoms with van der Waals surface area (Å²) in [5.41, 5.74) is 4.62. The van der Waals surface area contributed by atoms with E-state index in [1.165, 1.54) is 0 Å². The number of anilines is 1. The number of amides is 1. The molecular formula is C29H30ClN5O2. The summed E-state index contributed by atoms with van der Waals surface area (Å²) in [6, 6.07) is 19.0. The first-order valence-corrected chi connectivity index (χ1v) is 12.8. The van der Waals surface area contributed by atoms with Gasteiger partial charge in [0.05, 0.1) is 11.2 Å². The van der Waals surface area contributed by atoms with Gasteiger partial charge in [-0.1, -0.05) is 29.8 Å². The lowest BCUT2D eigenvalue weighted by molar-refractivity contribution is 0.0913. The van der Waals surface area contributed by atoms with Crippen molar-refractivity contribution in [1.29, 1.82) is 0 Å². The Bertz CT molecular complexity index is 1510. The standard InChI is InChI=1S/C29H30ClN5O2/c1-34-12-10-24(11-13-34)32-29(37)28-26(31-17-19-4-3-5-23(30)14-19)16-22-15-20(6-8-25(22)33-28)21-7-9-27(36)35(2)18-21/h3-9,14-16,18,24,31H,10-13,17H2,1-2H3,(H,32,37). The van der Waals surface area contributed by atoms with Crippen molar-refractivity contribution in [2.45, 2.75) is 25.4 Å². The number of likely N-dealkylation sites (tertiary alicyclic amines) is 1. The lowest BCUT2D eigenvalue weighted by Gasteiger charge is -2.29. The normalized spacial score (nSPS) is 14.6. The van der Waals surface area contributed by atoms with Crippen LogP contribution in [0.25, 0.3) is 22.0 Å². The second-order valence-corrected chi connectivity index (χ2v) is 10.1. The molecule has 0 atom stereocenters. The quantitative estimate of drug-likeness (QED) is 0.389. The van der Waals surface area contributed by atoms with Gasteiger partial charge in [-0.2, -0.15) is 0 Å². The molecular weight excluding hydrogens is 486 g/mol. The molecule has 1 saturated heterocycles. The average Bonchev–Trinajstić information content (AvgIpc) is 2.89. The van der Waals surface area contributed by atoms with Crippen molar-refractivity contribution in [3.63, 3.8) is 0 Å². The van der Waals surface area contributed by atoms with E-state index in [9.17, 15) is 9.59 Å². The number of aromatic nitrogens is 2. The molecule has 0 spiro atoms. The van der Waals surface area contributed by atoms with Crippen molar-refractivity contribution in [1.82, 2.24) is 19.8 Å². The van der Waals surface area contributed by atoms with Gasteiger partial charge in [-0.15, -0.1) is 0 Å². The summed E-state index contributed by atoms with van der Waals surface area (Å²) in [7, 11) is 3.84. The molecule has 3 heterocycles. The first-order valence-electron chi connectivity index (χ1n) is 12.5. The first-order chi connectivity index (χ1) is 17.9. The number of pyridine rings is 2. The fraction of sp³-hybridized carbons (Fsp3) is 0.276. The van der Waals surface area contributed by atoms with E-state index in [4.69, 9.17) is 16.6 Å². The van der Waals surface area contributed by atoms with E-state index in [1.807, 2.05) is 60.8 Å². The number of rotatable bonds is 6. The van der Waals surface area contributed by atoms with Crippen LogP contribution in [0, 0.1) is 0 Å². The summed E-state index contributed by atoms with van der Waals surface area (Å²) in [4.78, 5) is 32.3. The molecule has 2 aromatic heterocycles. The number of fused-ring (bicyclic) bond motifs is 1. The fourth-order valence-corrected chi connectivity index (χ4v) is 4.89. The number of halogens is 1. The number of piperidine rings is 1. The van der Waals surface area contributed by atoms with Gasteiger partial charge in [0.1, 0.15) is 0 Å². The molecule has 8 heteroatoms. The second-order valence-electron chi connectivity index (χ2n) is 9.69. The number of benzene rings is 2. The van der Waals surface area contributed by atoms with Crippen molar-refractivity contribution in [3.8, 4) is 11.1 Å². The van der Waals surface area contributed by atoms with Gasteiger partial charge in [0.2, 0.25) is 5.56 Å². The third kappa shape index (κ3) is 5.84. The van der Waals surface area contributed by atoms with Gasteiger partial charge >= 0.3 is 0 Å². The fourth-order valence-electron chi connectivity index (χ4n) is 4.68. The third-order valence-corrected chi connectivity index (χ3v) is 7.11. The number of nitrogens with one attached hydrogen (secondary N) is 2. The van der Waals surface area contributed by atoms with Crippen LogP contribution in [0.2, 0.25) is 5.02 Å². The molecule has 7 nitrogen and oxygen atoms in total. The number of aryl methyl sites for hydroxylation is 1. The van der Waals surface area contributed by atoms with E-state index in [2.05, 4.69) is 22.6 Å². The summed E-state index contributed by atoms with van der Waals surface area (Å²) in [5.74, 6) is -0.174. The molecule has 1 aliphatic rings. The summed E-state index contributed by atoms with van der Waals surface area (Å²) in [6.45, 7) is 2.43. The zero-order chi connectivity index (χ0) is 25.9. The van der Waals surface area contributed by atoms with Crippen molar-refractivity contribution >= 4 is 34.1 Å². The Balaban J connectivity index is 1.49. The number of hydrogen-bond acceptors (Lipinski definition) is 5. The SMILES string of the molecule is CN1CCC(NC(=O)c2nc3ccc(-c4ccc(=O)n(C)c4)cc3cc2NCc2cccc(Cl)c2)CC1. The first kappa shape index (κ1) is 25.0. The highest BCUT2D eigenvalue weighted by Crippen LogP contribution is 2.27. The molecule has 1 aliphatic heterocycles. The van der Waals surface area contributed by atoms with Crippen LogP contribution >= 0.6 is 11.6 Å². The molecule has 1 amide bonds. The van der Waals surface area contributed by atoms with Crippen LogP contribution < -0.4 is 16.2 Å². The van der Waals surface area contributed by atoms with Crippen molar-refractivity contribution in [2.24, 2.45) is 7.05 Å². The zero-order valence-electron chi connectivity index (χ0n) is 21.0. The minimum Gasteiger partial charge on any atom is -0.379 e.